The number of nitrogens with zero attached hydrogens (tertiary/aromatic N) is 1. The Labute approximate surface area is 189 Å². The van der Waals surface area contributed by atoms with Crippen LogP contribution in [-0.4, -0.2) is 67.0 Å². The fourth-order valence-electron chi connectivity index (χ4n) is 3.62. The number of aliphatic hydroxyl groups excluding tert-OH is 1. The Hall–Kier alpha value is -2.36. The molecule has 1 heterocycles. The minimum atomic E-state index is -0.812. The normalized spacial score (nSPS) is 19.8. The summed E-state index contributed by atoms with van der Waals surface area (Å²) in [6.07, 6.45) is -0.496. The van der Waals surface area contributed by atoms with Crippen LogP contribution in [0.4, 0.5) is 4.79 Å². The topological polar surface area (TPSA) is 107 Å². The van der Waals surface area contributed by atoms with E-state index < -0.39 is 23.9 Å². The van der Waals surface area contributed by atoms with Crippen molar-refractivity contribution in [1.29, 1.82) is 0 Å². The summed E-state index contributed by atoms with van der Waals surface area (Å²) in [5.41, 5.74) is 2.24. The molecule has 0 saturated carbocycles. The molecular weight excluding hydrogens is 416 g/mol. The highest BCUT2D eigenvalue weighted by Gasteiger charge is 2.31. The molecule has 9 heteroatoms. The summed E-state index contributed by atoms with van der Waals surface area (Å²) >= 11 is 0. The number of benzene rings is 1. The average Bonchev–Trinajstić information content (AvgIpc) is 2.83. The van der Waals surface area contributed by atoms with Gasteiger partial charge in [0.2, 0.25) is 0 Å². The fraction of sp³-hybridized carbons (Fsp3) is 0.652. The van der Waals surface area contributed by atoms with E-state index in [0.29, 0.717) is 30.7 Å². The molecule has 0 unspecified atom stereocenters. The molecule has 2 N–H and O–H groups in total. The number of amides is 1. The summed E-state index contributed by atoms with van der Waals surface area (Å²) in [6.45, 7) is 11.5. The molecule has 0 radical (unpaired) electrons. The van der Waals surface area contributed by atoms with Crippen LogP contribution in [-0.2, 0) is 14.3 Å². The Morgan fingerprint density at radius 1 is 1.22 bits per heavy atom. The largest absolute Gasteiger partial charge is 0.528 e. The second-order valence-corrected chi connectivity index (χ2v) is 9.10. The van der Waals surface area contributed by atoms with Gasteiger partial charge in [0.05, 0.1) is 18.7 Å². The van der Waals surface area contributed by atoms with Gasteiger partial charge in [0, 0.05) is 19.2 Å². The van der Waals surface area contributed by atoms with Gasteiger partial charge in [-0.3, -0.25) is 4.79 Å². The van der Waals surface area contributed by atoms with E-state index in [1.54, 1.807) is 33.9 Å². The third kappa shape index (κ3) is 7.08. The molecule has 1 aromatic rings. The third-order valence-electron chi connectivity index (χ3n) is 5.29. The molecule has 1 aromatic carbocycles. The minimum absolute atomic E-state index is 0.118. The van der Waals surface area contributed by atoms with Crippen LogP contribution in [0.25, 0.3) is 0 Å². The van der Waals surface area contributed by atoms with E-state index in [4.69, 9.17) is 19.0 Å². The van der Waals surface area contributed by atoms with Crippen molar-refractivity contribution in [1.82, 2.24) is 10.4 Å². The highest BCUT2D eigenvalue weighted by molar-refractivity contribution is 5.98. The SMILES string of the molecule is COCOc1cc(C)c(C(=O)N[C@@H]2CN(OC(=O)OC(C)(C)C)CCC[C@H]2O)c(C)c1C. The Kier molecular flexibility index (Phi) is 8.89. The van der Waals surface area contributed by atoms with E-state index in [2.05, 4.69) is 5.32 Å². The van der Waals surface area contributed by atoms with Crippen molar-refractivity contribution in [3.05, 3.63) is 28.3 Å². The maximum Gasteiger partial charge on any atom is 0.528 e. The molecule has 2 atom stereocenters. The van der Waals surface area contributed by atoms with Crippen molar-refractivity contribution in [2.75, 3.05) is 27.0 Å². The van der Waals surface area contributed by atoms with Gasteiger partial charge in [0.15, 0.2) is 6.79 Å². The molecule has 180 valence electrons. The highest BCUT2D eigenvalue weighted by atomic mass is 16.8. The Morgan fingerprint density at radius 3 is 2.53 bits per heavy atom. The molecule has 32 heavy (non-hydrogen) atoms. The summed E-state index contributed by atoms with van der Waals surface area (Å²) in [7, 11) is 1.55. The monoisotopic (exact) mass is 452 g/mol. The van der Waals surface area contributed by atoms with Gasteiger partial charge in [-0.15, -0.1) is 5.06 Å². The lowest BCUT2D eigenvalue weighted by atomic mass is 9.96. The zero-order chi connectivity index (χ0) is 24.1. The van der Waals surface area contributed by atoms with Crippen molar-refractivity contribution < 1.29 is 33.7 Å². The number of hydrogen-bond acceptors (Lipinski definition) is 8. The van der Waals surface area contributed by atoms with Gasteiger partial charge in [0.25, 0.3) is 5.91 Å². The van der Waals surface area contributed by atoms with E-state index in [0.717, 1.165) is 16.7 Å². The summed E-state index contributed by atoms with van der Waals surface area (Å²) < 4.78 is 15.8. The Bertz CT molecular complexity index is 820. The van der Waals surface area contributed by atoms with Crippen LogP contribution >= 0.6 is 0 Å². The standard InChI is InChI=1S/C23H36N2O7/c1-14-11-19(30-13-29-7)15(2)16(3)20(14)21(27)24-17-12-25(10-8-9-18(17)26)32-22(28)31-23(4,5)6/h11,17-18,26H,8-10,12-13H2,1-7H3,(H,24,27)/t17-,18-/m1/s1. The van der Waals surface area contributed by atoms with E-state index in [-0.39, 0.29) is 19.2 Å². The first-order valence-electron chi connectivity index (χ1n) is 10.8. The number of ether oxygens (including phenoxy) is 3. The van der Waals surface area contributed by atoms with Gasteiger partial charge < -0.3 is 29.5 Å². The molecule has 1 fully saturated rings. The molecule has 1 aliphatic rings. The Morgan fingerprint density at radius 2 is 1.91 bits per heavy atom. The number of carbonyl (C=O) groups excluding carboxylic acids is 2. The number of carbonyl (C=O) groups is 2. The van der Waals surface area contributed by atoms with Crippen molar-refractivity contribution in [3.8, 4) is 5.75 Å². The molecule has 0 spiro atoms. The van der Waals surface area contributed by atoms with Gasteiger partial charge in [-0.2, -0.15) is 0 Å². The summed E-state index contributed by atoms with van der Waals surface area (Å²) in [5.74, 6) is 0.356. The first-order chi connectivity index (χ1) is 14.9. The van der Waals surface area contributed by atoms with Gasteiger partial charge in [0.1, 0.15) is 11.4 Å². The molecule has 0 bridgehead atoms. The predicted octanol–water partition coefficient (Wildman–Crippen LogP) is 3.02. The second-order valence-electron chi connectivity index (χ2n) is 9.10. The zero-order valence-electron chi connectivity index (χ0n) is 20.1. The lowest BCUT2D eigenvalue weighted by Gasteiger charge is -2.27. The van der Waals surface area contributed by atoms with Crippen molar-refractivity contribution in [3.63, 3.8) is 0 Å². The van der Waals surface area contributed by atoms with Crippen LogP contribution in [0.2, 0.25) is 0 Å². The van der Waals surface area contributed by atoms with E-state index >= 15 is 0 Å². The predicted molar refractivity (Wildman–Crippen MR) is 119 cm³/mol. The van der Waals surface area contributed by atoms with Gasteiger partial charge >= 0.3 is 6.16 Å². The highest BCUT2D eigenvalue weighted by Crippen LogP contribution is 2.28. The summed E-state index contributed by atoms with van der Waals surface area (Å²) in [5, 5.41) is 14.9. The lowest BCUT2D eigenvalue weighted by Crippen LogP contribution is -2.49. The number of aliphatic hydroxyl groups is 1. The summed E-state index contributed by atoms with van der Waals surface area (Å²) in [4.78, 5) is 30.5. The molecule has 2 rings (SSSR count). The van der Waals surface area contributed by atoms with Crippen LogP contribution in [0, 0.1) is 20.8 Å². The Balaban J connectivity index is 2.14. The van der Waals surface area contributed by atoms with Gasteiger partial charge in [-0.25, -0.2) is 4.79 Å². The maximum atomic E-state index is 13.2. The molecule has 9 nitrogen and oxygen atoms in total. The quantitative estimate of drug-likeness (QED) is 0.501. The van der Waals surface area contributed by atoms with Gasteiger partial charge in [-0.05, 0) is 77.1 Å². The molecular formula is C23H36N2O7. The number of rotatable bonds is 6. The number of hydroxylamine groups is 2. The van der Waals surface area contributed by atoms with E-state index in [1.165, 1.54) is 5.06 Å². The first kappa shape index (κ1) is 25.9. The molecule has 1 amide bonds. The van der Waals surface area contributed by atoms with Crippen LogP contribution < -0.4 is 10.1 Å². The molecule has 0 aliphatic carbocycles. The van der Waals surface area contributed by atoms with Crippen LogP contribution in [0.1, 0.15) is 60.7 Å². The number of nitrogens with one attached hydrogen (secondary N) is 1. The number of methoxy groups -OCH3 is 1. The van der Waals surface area contributed by atoms with Crippen molar-refractivity contribution in [2.24, 2.45) is 0 Å². The van der Waals surface area contributed by atoms with Crippen LogP contribution in [0.5, 0.6) is 5.75 Å². The first-order valence-corrected chi connectivity index (χ1v) is 10.8. The smallest absolute Gasteiger partial charge is 0.467 e. The second kappa shape index (κ2) is 11.0. The average molecular weight is 453 g/mol. The zero-order valence-corrected chi connectivity index (χ0v) is 20.1. The summed E-state index contributed by atoms with van der Waals surface area (Å²) in [6, 6.07) is 1.19. The minimum Gasteiger partial charge on any atom is -0.467 e. The van der Waals surface area contributed by atoms with E-state index in [9.17, 15) is 14.7 Å². The molecule has 1 aliphatic heterocycles. The lowest BCUT2D eigenvalue weighted by molar-refractivity contribution is -0.144. The number of aryl methyl sites for hydroxylation is 1. The van der Waals surface area contributed by atoms with Gasteiger partial charge in [-0.1, -0.05) is 0 Å². The fourth-order valence-corrected chi connectivity index (χ4v) is 3.62. The molecule has 1 saturated heterocycles. The number of hydrogen-bond donors (Lipinski definition) is 2. The third-order valence-corrected chi connectivity index (χ3v) is 5.29. The van der Waals surface area contributed by atoms with Crippen LogP contribution in [0.15, 0.2) is 6.07 Å². The van der Waals surface area contributed by atoms with Crippen LogP contribution in [0.3, 0.4) is 0 Å². The van der Waals surface area contributed by atoms with Crippen molar-refractivity contribution in [2.45, 2.75) is 72.1 Å². The maximum absolute atomic E-state index is 13.2. The molecule has 0 aromatic heterocycles. The van der Waals surface area contributed by atoms with Crippen molar-refractivity contribution >= 4 is 12.1 Å². The van der Waals surface area contributed by atoms with E-state index in [1.807, 2.05) is 20.8 Å².